The Hall–Kier alpha value is -0.450. The first kappa shape index (κ1) is 14.9. The van der Waals surface area contributed by atoms with E-state index < -0.39 is 0 Å². The molecule has 4 heteroatoms. The van der Waals surface area contributed by atoms with Crippen LogP contribution in [0.5, 0.6) is 0 Å². The van der Waals surface area contributed by atoms with E-state index in [0.29, 0.717) is 5.56 Å². The lowest BCUT2D eigenvalue weighted by atomic mass is 9.95. The SMILES string of the molecule is CC(C)(C)c1ccc(C(=O)c2cc(Br)ccc2Br)s1. The highest BCUT2D eigenvalue weighted by Crippen LogP contribution is 2.32. The molecule has 19 heavy (non-hydrogen) atoms. The van der Waals surface area contributed by atoms with E-state index in [0.717, 1.165) is 13.8 Å². The lowest BCUT2D eigenvalue weighted by molar-refractivity contribution is 0.104. The second-order valence-electron chi connectivity index (χ2n) is 5.37. The lowest BCUT2D eigenvalue weighted by Crippen LogP contribution is -2.08. The number of carbonyl (C=O) groups is 1. The molecule has 0 amide bonds. The molecule has 0 bridgehead atoms. The Bertz CT molecular complexity index is 623. The number of ketones is 1. The van der Waals surface area contributed by atoms with Gasteiger partial charge in [-0.3, -0.25) is 4.79 Å². The lowest BCUT2D eigenvalue weighted by Gasteiger charge is -2.15. The van der Waals surface area contributed by atoms with Gasteiger partial charge < -0.3 is 0 Å². The van der Waals surface area contributed by atoms with E-state index in [4.69, 9.17) is 0 Å². The van der Waals surface area contributed by atoms with Crippen LogP contribution in [0, 0.1) is 0 Å². The van der Waals surface area contributed by atoms with E-state index in [-0.39, 0.29) is 11.2 Å². The van der Waals surface area contributed by atoms with Crippen molar-refractivity contribution in [3.8, 4) is 0 Å². The second-order valence-corrected chi connectivity index (χ2v) is 8.22. The number of hydrogen-bond acceptors (Lipinski definition) is 2. The molecule has 0 fully saturated rings. The maximum absolute atomic E-state index is 12.5. The van der Waals surface area contributed by atoms with Gasteiger partial charge in [0.25, 0.3) is 0 Å². The van der Waals surface area contributed by atoms with E-state index in [1.54, 1.807) is 11.3 Å². The second kappa shape index (κ2) is 5.51. The molecule has 0 atom stereocenters. The summed E-state index contributed by atoms with van der Waals surface area (Å²) in [5, 5.41) is 0. The third kappa shape index (κ3) is 3.36. The monoisotopic (exact) mass is 400 g/mol. The fourth-order valence-corrected chi connectivity index (χ4v) is 3.47. The van der Waals surface area contributed by atoms with Gasteiger partial charge in [0.2, 0.25) is 5.78 Å². The van der Waals surface area contributed by atoms with Crippen LogP contribution >= 0.6 is 43.2 Å². The van der Waals surface area contributed by atoms with Crippen LogP contribution in [0.2, 0.25) is 0 Å². The van der Waals surface area contributed by atoms with Gasteiger partial charge in [0.05, 0.1) is 4.88 Å². The molecule has 100 valence electrons. The van der Waals surface area contributed by atoms with Gasteiger partial charge in [-0.25, -0.2) is 0 Å². The normalized spacial score (nSPS) is 11.6. The number of hydrogen-bond donors (Lipinski definition) is 0. The number of thiophene rings is 1. The first-order valence-electron chi connectivity index (χ1n) is 5.89. The van der Waals surface area contributed by atoms with Crippen LogP contribution < -0.4 is 0 Å². The molecule has 0 saturated heterocycles. The molecule has 1 heterocycles. The quantitative estimate of drug-likeness (QED) is 0.581. The Kier molecular flexibility index (Phi) is 4.33. The number of rotatable bonds is 2. The number of benzene rings is 1. The summed E-state index contributed by atoms with van der Waals surface area (Å²) in [6.45, 7) is 6.46. The van der Waals surface area contributed by atoms with Gasteiger partial charge in [-0.15, -0.1) is 11.3 Å². The van der Waals surface area contributed by atoms with Crippen LogP contribution in [0.3, 0.4) is 0 Å². The maximum atomic E-state index is 12.5. The van der Waals surface area contributed by atoms with Gasteiger partial charge in [-0.2, -0.15) is 0 Å². The molecule has 0 aliphatic rings. The van der Waals surface area contributed by atoms with Crippen molar-refractivity contribution in [2.75, 3.05) is 0 Å². The van der Waals surface area contributed by atoms with E-state index in [9.17, 15) is 4.79 Å². The van der Waals surface area contributed by atoms with Crippen LogP contribution in [-0.4, -0.2) is 5.78 Å². The van der Waals surface area contributed by atoms with Crippen molar-refractivity contribution in [2.24, 2.45) is 0 Å². The summed E-state index contributed by atoms with van der Waals surface area (Å²) in [6, 6.07) is 9.61. The van der Waals surface area contributed by atoms with Gasteiger partial charge in [-0.1, -0.05) is 52.6 Å². The zero-order valence-electron chi connectivity index (χ0n) is 11.0. The molecule has 0 aliphatic carbocycles. The molecule has 0 radical (unpaired) electrons. The highest BCUT2D eigenvalue weighted by Gasteiger charge is 2.20. The predicted octanol–water partition coefficient (Wildman–Crippen LogP) is 5.80. The van der Waals surface area contributed by atoms with E-state index in [1.807, 2.05) is 30.3 Å². The maximum Gasteiger partial charge on any atom is 0.204 e. The summed E-state index contributed by atoms with van der Waals surface area (Å²) in [5.41, 5.74) is 0.772. The molecule has 0 N–H and O–H groups in total. The Balaban J connectivity index is 2.39. The van der Waals surface area contributed by atoms with E-state index in [1.165, 1.54) is 4.88 Å². The topological polar surface area (TPSA) is 17.1 Å². The third-order valence-electron chi connectivity index (χ3n) is 2.74. The molecule has 0 aliphatic heterocycles. The molecule has 1 aromatic carbocycles. The number of carbonyl (C=O) groups excluding carboxylic acids is 1. The van der Waals surface area contributed by atoms with Crippen molar-refractivity contribution >= 4 is 49.0 Å². The summed E-state index contributed by atoms with van der Waals surface area (Å²) in [5.74, 6) is 0.0636. The standard InChI is InChI=1S/C15H14Br2OS/c1-15(2,3)13-7-6-12(19-13)14(18)10-8-9(16)4-5-11(10)17/h4-8H,1-3H3. The average Bonchev–Trinajstić information content (AvgIpc) is 2.80. The van der Waals surface area contributed by atoms with Gasteiger partial charge in [0.15, 0.2) is 0 Å². The minimum Gasteiger partial charge on any atom is -0.288 e. The molecular formula is C15H14Br2OS. The number of halogens is 2. The molecular weight excluding hydrogens is 388 g/mol. The Labute approximate surface area is 134 Å². The van der Waals surface area contributed by atoms with Crippen LogP contribution in [0.1, 0.15) is 40.9 Å². The Morgan fingerprint density at radius 2 is 1.79 bits per heavy atom. The van der Waals surface area contributed by atoms with Crippen LogP contribution in [0.4, 0.5) is 0 Å². The van der Waals surface area contributed by atoms with Crippen molar-refractivity contribution in [3.63, 3.8) is 0 Å². The van der Waals surface area contributed by atoms with Gasteiger partial charge in [0, 0.05) is 19.4 Å². The molecule has 1 aromatic heterocycles. The average molecular weight is 402 g/mol. The summed E-state index contributed by atoms with van der Waals surface area (Å²) in [4.78, 5) is 14.5. The summed E-state index contributed by atoms with van der Waals surface area (Å²) in [6.07, 6.45) is 0. The molecule has 0 spiro atoms. The predicted molar refractivity (Wildman–Crippen MR) is 88.3 cm³/mol. The van der Waals surface area contributed by atoms with Crippen molar-refractivity contribution in [1.82, 2.24) is 0 Å². The van der Waals surface area contributed by atoms with Crippen molar-refractivity contribution in [2.45, 2.75) is 26.2 Å². The third-order valence-corrected chi connectivity index (χ3v) is 5.44. The molecule has 0 unspecified atom stereocenters. The molecule has 2 rings (SSSR count). The van der Waals surface area contributed by atoms with Gasteiger partial charge in [0.1, 0.15) is 0 Å². The minimum atomic E-state index is 0.0636. The minimum absolute atomic E-state index is 0.0636. The van der Waals surface area contributed by atoms with Crippen LogP contribution in [0.25, 0.3) is 0 Å². The first-order valence-corrected chi connectivity index (χ1v) is 8.29. The zero-order chi connectivity index (χ0) is 14.2. The fourth-order valence-electron chi connectivity index (χ4n) is 1.67. The van der Waals surface area contributed by atoms with E-state index in [2.05, 4.69) is 52.6 Å². The highest BCUT2D eigenvalue weighted by atomic mass is 79.9. The highest BCUT2D eigenvalue weighted by molar-refractivity contribution is 9.11. The molecule has 1 nitrogen and oxygen atoms in total. The largest absolute Gasteiger partial charge is 0.288 e. The smallest absolute Gasteiger partial charge is 0.204 e. The van der Waals surface area contributed by atoms with Crippen molar-refractivity contribution < 1.29 is 4.79 Å². The Morgan fingerprint density at radius 3 is 2.37 bits per heavy atom. The fraction of sp³-hybridized carbons (Fsp3) is 0.267. The van der Waals surface area contributed by atoms with Crippen molar-refractivity contribution in [1.29, 1.82) is 0 Å². The van der Waals surface area contributed by atoms with Gasteiger partial charge in [-0.05, 0) is 35.7 Å². The Morgan fingerprint density at radius 1 is 1.11 bits per heavy atom. The van der Waals surface area contributed by atoms with Gasteiger partial charge >= 0.3 is 0 Å². The summed E-state index contributed by atoms with van der Waals surface area (Å²) in [7, 11) is 0. The van der Waals surface area contributed by atoms with E-state index >= 15 is 0 Å². The summed E-state index contributed by atoms with van der Waals surface area (Å²) >= 11 is 8.41. The zero-order valence-corrected chi connectivity index (χ0v) is 14.9. The first-order chi connectivity index (χ1) is 8.79. The molecule has 2 aromatic rings. The summed E-state index contributed by atoms with van der Waals surface area (Å²) < 4.78 is 1.73. The van der Waals surface area contributed by atoms with Crippen molar-refractivity contribution in [3.05, 3.63) is 54.6 Å². The van der Waals surface area contributed by atoms with Crippen LogP contribution in [0.15, 0.2) is 39.3 Å². The van der Waals surface area contributed by atoms with Crippen LogP contribution in [-0.2, 0) is 5.41 Å². The molecule has 0 saturated carbocycles.